The molecule has 0 saturated heterocycles. The summed E-state index contributed by atoms with van der Waals surface area (Å²) >= 11 is 5.41. The average Bonchev–Trinajstić information content (AvgIpc) is 2.30. The number of sulfonamides is 1. The van der Waals surface area contributed by atoms with Crippen molar-refractivity contribution in [2.45, 2.75) is 6.92 Å². The molecule has 0 atom stereocenters. The third kappa shape index (κ3) is 3.61. The number of carbonyl (C=O) groups is 1. The molecular formula is C11H15ClN2O3S. The van der Waals surface area contributed by atoms with E-state index in [0.29, 0.717) is 16.8 Å². The van der Waals surface area contributed by atoms with Crippen molar-refractivity contribution in [2.75, 3.05) is 23.4 Å². The number of anilines is 1. The van der Waals surface area contributed by atoms with E-state index in [1.54, 1.807) is 25.1 Å². The van der Waals surface area contributed by atoms with Gasteiger partial charge in [-0.2, -0.15) is 0 Å². The second-order valence-corrected chi connectivity index (χ2v) is 5.89. The number of hydrogen-bond acceptors (Lipinski definition) is 3. The molecule has 2 N–H and O–H groups in total. The van der Waals surface area contributed by atoms with Crippen LogP contribution < -0.4 is 10.0 Å². The molecule has 0 aliphatic heterocycles. The first kappa shape index (κ1) is 14.8. The van der Waals surface area contributed by atoms with Crippen LogP contribution in [0.5, 0.6) is 0 Å². The molecule has 7 heteroatoms. The van der Waals surface area contributed by atoms with Crippen LogP contribution in [0.3, 0.4) is 0 Å². The molecule has 1 aromatic rings. The molecule has 0 bridgehead atoms. The van der Waals surface area contributed by atoms with E-state index in [2.05, 4.69) is 10.0 Å². The van der Waals surface area contributed by atoms with Crippen molar-refractivity contribution in [1.82, 2.24) is 5.32 Å². The van der Waals surface area contributed by atoms with Crippen LogP contribution in [0.25, 0.3) is 0 Å². The van der Waals surface area contributed by atoms with Gasteiger partial charge in [-0.3, -0.25) is 9.52 Å². The zero-order chi connectivity index (χ0) is 13.8. The molecule has 0 fully saturated rings. The van der Waals surface area contributed by atoms with Crippen molar-refractivity contribution < 1.29 is 13.2 Å². The third-order valence-corrected chi connectivity index (χ3v) is 4.10. The van der Waals surface area contributed by atoms with E-state index >= 15 is 0 Å². The highest BCUT2D eigenvalue weighted by atomic mass is 35.5. The summed E-state index contributed by atoms with van der Waals surface area (Å²) in [5, 5.41) is 2.50. The van der Waals surface area contributed by atoms with E-state index < -0.39 is 10.0 Å². The number of amides is 1. The minimum atomic E-state index is -3.47. The Morgan fingerprint density at radius 1 is 1.39 bits per heavy atom. The Bertz CT molecular complexity index is 543. The Morgan fingerprint density at radius 3 is 2.61 bits per heavy atom. The second-order valence-electron chi connectivity index (χ2n) is 3.67. The van der Waals surface area contributed by atoms with Crippen LogP contribution in [0.15, 0.2) is 18.2 Å². The second kappa shape index (κ2) is 6.06. The van der Waals surface area contributed by atoms with E-state index in [-0.39, 0.29) is 17.5 Å². The van der Waals surface area contributed by atoms with E-state index in [1.165, 1.54) is 7.05 Å². The molecule has 0 heterocycles. The molecule has 0 spiro atoms. The summed E-state index contributed by atoms with van der Waals surface area (Å²) in [5.41, 5.74) is 1.40. The first-order valence-electron chi connectivity index (χ1n) is 5.29. The van der Waals surface area contributed by atoms with Crippen LogP contribution >= 0.6 is 11.6 Å². The molecule has 100 valence electrons. The Kier molecular flexibility index (Phi) is 4.98. The lowest BCUT2D eigenvalue weighted by atomic mass is 10.1. The minimum absolute atomic E-state index is 0.0174. The number of halogens is 1. The van der Waals surface area contributed by atoms with Crippen LogP contribution in [-0.2, 0) is 10.0 Å². The van der Waals surface area contributed by atoms with Gasteiger partial charge in [-0.25, -0.2) is 8.42 Å². The predicted molar refractivity (Wildman–Crippen MR) is 72.7 cm³/mol. The Balaban J connectivity index is 3.09. The third-order valence-electron chi connectivity index (χ3n) is 2.42. The highest BCUT2D eigenvalue weighted by Crippen LogP contribution is 2.20. The topological polar surface area (TPSA) is 75.3 Å². The molecule has 0 radical (unpaired) electrons. The molecule has 0 aliphatic rings. The Hall–Kier alpha value is -1.27. The zero-order valence-corrected chi connectivity index (χ0v) is 11.7. The van der Waals surface area contributed by atoms with Gasteiger partial charge in [0.25, 0.3) is 5.91 Å². The van der Waals surface area contributed by atoms with Crippen molar-refractivity contribution in [3.05, 3.63) is 29.3 Å². The molecule has 0 saturated carbocycles. The van der Waals surface area contributed by atoms with Crippen LogP contribution in [0, 0.1) is 6.92 Å². The molecule has 1 amide bonds. The quantitative estimate of drug-likeness (QED) is 0.804. The fourth-order valence-corrected chi connectivity index (χ4v) is 2.92. The van der Waals surface area contributed by atoms with Gasteiger partial charge in [-0.15, -0.1) is 11.6 Å². The summed E-state index contributed by atoms with van der Waals surface area (Å²) in [7, 11) is -1.95. The van der Waals surface area contributed by atoms with Crippen molar-refractivity contribution >= 4 is 33.2 Å². The zero-order valence-electron chi connectivity index (χ0n) is 10.2. The van der Waals surface area contributed by atoms with Crippen molar-refractivity contribution in [2.24, 2.45) is 0 Å². The molecular weight excluding hydrogens is 276 g/mol. The van der Waals surface area contributed by atoms with Gasteiger partial charge in [0.2, 0.25) is 10.0 Å². The van der Waals surface area contributed by atoms with Crippen LogP contribution in [0.2, 0.25) is 0 Å². The summed E-state index contributed by atoms with van der Waals surface area (Å²) in [6.45, 7) is 1.68. The van der Waals surface area contributed by atoms with Gasteiger partial charge >= 0.3 is 0 Å². The minimum Gasteiger partial charge on any atom is -0.355 e. The monoisotopic (exact) mass is 290 g/mol. The van der Waals surface area contributed by atoms with Gasteiger partial charge in [-0.05, 0) is 24.6 Å². The number of alkyl halides is 1. The summed E-state index contributed by atoms with van der Waals surface area (Å²) in [4.78, 5) is 11.6. The first-order chi connectivity index (χ1) is 8.41. The molecule has 0 aliphatic carbocycles. The summed E-state index contributed by atoms with van der Waals surface area (Å²) in [6, 6.07) is 4.86. The van der Waals surface area contributed by atoms with Crippen LogP contribution in [0.4, 0.5) is 5.69 Å². The highest BCUT2D eigenvalue weighted by Gasteiger charge is 2.14. The number of benzene rings is 1. The lowest BCUT2D eigenvalue weighted by Crippen LogP contribution is -2.21. The Morgan fingerprint density at radius 2 is 2.06 bits per heavy atom. The van der Waals surface area contributed by atoms with Crippen LogP contribution in [0.1, 0.15) is 15.9 Å². The summed E-state index contributed by atoms with van der Waals surface area (Å²) < 4.78 is 25.6. The lowest BCUT2D eigenvalue weighted by Gasteiger charge is -2.12. The standard InChI is InChI=1S/C11H15ClN2O3S/c1-8-9(11(15)13-2)4-3-5-10(8)14-18(16,17)7-6-12/h3-5,14H,6-7H2,1-2H3,(H,13,15). The van der Waals surface area contributed by atoms with Crippen molar-refractivity contribution in [3.63, 3.8) is 0 Å². The lowest BCUT2D eigenvalue weighted by molar-refractivity contribution is 0.0962. The number of hydrogen-bond donors (Lipinski definition) is 2. The highest BCUT2D eigenvalue weighted by molar-refractivity contribution is 7.92. The maximum absolute atomic E-state index is 11.6. The molecule has 18 heavy (non-hydrogen) atoms. The van der Waals surface area contributed by atoms with E-state index in [4.69, 9.17) is 11.6 Å². The molecule has 0 unspecified atom stereocenters. The maximum atomic E-state index is 11.6. The number of nitrogens with one attached hydrogen (secondary N) is 2. The van der Waals surface area contributed by atoms with E-state index in [9.17, 15) is 13.2 Å². The van der Waals surface area contributed by atoms with E-state index in [0.717, 1.165) is 0 Å². The number of rotatable bonds is 5. The van der Waals surface area contributed by atoms with Gasteiger partial charge in [0.15, 0.2) is 0 Å². The largest absolute Gasteiger partial charge is 0.355 e. The summed E-state index contributed by atoms with van der Waals surface area (Å²) in [6.07, 6.45) is 0. The fourth-order valence-electron chi connectivity index (χ4n) is 1.45. The predicted octanol–water partition coefficient (Wildman–Crippen LogP) is 1.34. The average molecular weight is 291 g/mol. The van der Waals surface area contributed by atoms with Crippen LogP contribution in [-0.4, -0.2) is 33.0 Å². The summed E-state index contributed by atoms with van der Waals surface area (Å²) in [5.74, 6) is -0.410. The molecule has 1 aromatic carbocycles. The van der Waals surface area contributed by atoms with Gasteiger partial charge < -0.3 is 5.32 Å². The van der Waals surface area contributed by atoms with Gasteiger partial charge in [0.1, 0.15) is 0 Å². The SMILES string of the molecule is CNC(=O)c1cccc(NS(=O)(=O)CCCl)c1C. The number of carbonyl (C=O) groups excluding carboxylic acids is 1. The molecule has 5 nitrogen and oxygen atoms in total. The fraction of sp³-hybridized carbons (Fsp3) is 0.364. The van der Waals surface area contributed by atoms with Crippen molar-refractivity contribution in [3.8, 4) is 0 Å². The normalized spacial score (nSPS) is 11.1. The molecule has 0 aromatic heterocycles. The van der Waals surface area contributed by atoms with Crippen molar-refractivity contribution in [1.29, 1.82) is 0 Å². The van der Waals surface area contributed by atoms with Gasteiger partial charge in [-0.1, -0.05) is 6.07 Å². The van der Waals surface area contributed by atoms with Gasteiger partial charge in [0, 0.05) is 18.5 Å². The van der Waals surface area contributed by atoms with Gasteiger partial charge in [0.05, 0.1) is 11.4 Å². The maximum Gasteiger partial charge on any atom is 0.251 e. The Labute approximate surface area is 112 Å². The van der Waals surface area contributed by atoms with E-state index in [1.807, 2.05) is 0 Å². The smallest absolute Gasteiger partial charge is 0.251 e. The first-order valence-corrected chi connectivity index (χ1v) is 7.48. The molecule has 1 rings (SSSR count).